The van der Waals surface area contributed by atoms with Crippen LogP contribution < -0.4 is 9.64 Å². The van der Waals surface area contributed by atoms with Gasteiger partial charge in [-0.1, -0.05) is 35.9 Å². The Morgan fingerprint density at radius 1 is 1.04 bits per heavy atom. The van der Waals surface area contributed by atoms with E-state index >= 15 is 0 Å². The van der Waals surface area contributed by atoms with E-state index < -0.39 is 0 Å². The van der Waals surface area contributed by atoms with Crippen molar-refractivity contribution in [2.75, 3.05) is 25.2 Å². The minimum Gasteiger partial charge on any atom is -0.495 e. The van der Waals surface area contributed by atoms with Gasteiger partial charge in [0.05, 0.1) is 30.1 Å². The van der Waals surface area contributed by atoms with Crippen LogP contribution in [0.15, 0.2) is 67.0 Å². The van der Waals surface area contributed by atoms with Gasteiger partial charge >= 0.3 is 0 Å². The van der Waals surface area contributed by atoms with E-state index in [-0.39, 0.29) is 6.23 Å². The first kappa shape index (κ1) is 16.1. The van der Waals surface area contributed by atoms with Crippen LogP contribution in [-0.4, -0.2) is 24.8 Å². The third-order valence-electron chi connectivity index (χ3n) is 4.42. The molecule has 128 valence electrons. The van der Waals surface area contributed by atoms with Crippen LogP contribution in [0.1, 0.15) is 11.8 Å². The summed E-state index contributed by atoms with van der Waals surface area (Å²) in [6.07, 6.45) is 3.94. The molecule has 25 heavy (non-hydrogen) atoms. The minimum atomic E-state index is -0.139. The molecule has 2 aromatic carbocycles. The molecule has 4 nitrogen and oxygen atoms in total. The van der Waals surface area contributed by atoms with Crippen LogP contribution in [0.2, 0.25) is 5.02 Å². The Hall–Kier alpha value is -2.43. The number of hydrogen-bond donors (Lipinski definition) is 0. The maximum absolute atomic E-state index is 6.31. The normalized spacial score (nSPS) is 17.0. The van der Waals surface area contributed by atoms with Crippen molar-refractivity contribution >= 4 is 17.3 Å². The van der Waals surface area contributed by atoms with Crippen LogP contribution in [0, 0.1) is 0 Å². The zero-order valence-corrected chi connectivity index (χ0v) is 14.7. The Labute approximate surface area is 152 Å². The molecule has 4 rings (SSSR count). The maximum atomic E-state index is 6.31. The number of anilines is 1. The number of hydrogen-bond acceptors (Lipinski definition) is 3. The van der Waals surface area contributed by atoms with Crippen LogP contribution in [0.4, 0.5) is 5.69 Å². The smallest absolute Gasteiger partial charge is 0.158 e. The third-order valence-corrected chi connectivity index (χ3v) is 4.74. The molecule has 1 aliphatic rings. The summed E-state index contributed by atoms with van der Waals surface area (Å²) in [7, 11) is 1.69. The molecular weight excluding hydrogens is 336 g/mol. The molecule has 0 spiro atoms. The second-order valence-electron chi connectivity index (χ2n) is 5.89. The lowest BCUT2D eigenvalue weighted by atomic mass is 10.2. The first-order valence-electron chi connectivity index (χ1n) is 8.22. The number of para-hydroxylation sites is 3. The van der Waals surface area contributed by atoms with E-state index in [2.05, 4.69) is 23.2 Å². The number of rotatable bonds is 4. The lowest BCUT2D eigenvalue weighted by Crippen LogP contribution is -2.23. The van der Waals surface area contributed by atoms with Gasteiger partial charge in [0.2, 0.25) is 0 Å². The highest BCUT2D eigenvalue weighted by molar-refractivity contribution is 6.32. The van der Waals surface area contributed by atoms with E-state index in [4.69, 9.17) is 21.1 Å². The summed E-state index contributed by atoms with van der Waals surface area (Å²) in [5.41, 5.74) is 3.08. The molecule has 5 heteroatoms. The monoisotopic (exact) mass is 354 g/mol. The fourth-order valence-electron chi connectivity index (χ4n) is 3.23. The highest BCUT2D eigenvalue weighted by atomic mass is 35.5. The van der Waals surface area contributed by atoms with E-state index in [1.165, 1.54) is 0 Å². The summed E-state index contributed by atoms with van der Waals surface area (Å²) in [5.74, 6) is 0.850. The van der Waals surface area contributed by atoms with Crippen molar-refractivity contribution in [2.24, 2.45) is 0 Å². The zero-order chi connectivity index (χ0) is 17.2. The SMILES string of the molecule is COc1ccccc1N1CCO[C@H]1c1ccn(-c2ccccc2Cl)c1. The summed E-state index contributed by atoms with van der Waals surface area (Å²) in [6.45, 7) is 1.50. The molecule has 1 aliphatic heterocycles. The molecule has 1 saturated heterocycles. The van der Waals surface area contributed by atoms with Crippen molar-refractivity contribution in [3.05, 3.63) is 77.6 Å². The van der Waals surface area contributed by atoms with Crippen molar-refractivity contribution in [3.63, 3.8) is 0 Å². The fourth-order valence-corrected chi connectivity index (χ4v) is 3.46. The Balaban J connectivity index is 1.67. The molecular formula is C20H19ClN2O2. The Morgan fingerprint density at radius 2 is 1.80 bits per heavy atom. The van der Waals surface area contributed by atoms with Crippen molar-refractivity contribution in [1.29, 1.82) is 0 Å². The number of ether oxygens (including phenoxy) is 2. The van der Waals surface area contributed by atoms with Gasteiger partial charge in [-0.3, -0.25) is 0 Å². The maximum Gasteiger partial charge on any atom is 0.158 e. The summed E-state index contributed by atoms with van der Waals surface area (Å²) in [6, 6.07) is 17.9. The first-order valence-corrected chi connectivity index (χ1v) is 8.60. The van der Waals surface area contributed by atoms with Crippen LogP contribution in [0.5, 0.6) is 5.75 Å². The number of aromatic nitrogens is 1. The topological polar surface area (TPSA) is 26.6 Å². The van der Waals surface area contributed by atoms with Gasteiger partial charge in [-0.15, -0.1) is 0 Å². The van der Waals surface area contributed by atoms with Crippen LogP contribution in [0.25, 0.3) is 5.69 Å². The molecule has 0 aliphatic carbocycles. The molecule has 0 amide bonds. The highest BCUT2D eigenvalue weighted by Gasteiger charge is 2.29. The number of benzene rings is 2. The molecule has 0 N–H and O–H groups in total. The molecule has 1 fully saturated rings. The van der Waals surface area contributed by atoms with Gasteiger partial charge in [-0.2, -0.15) is 0 Å². The largest absolute Gasteiger partial charge is 0.495 e. The molecule has 0 radical (unpaired) electrons. The second-order valence-corrected chi connectivity index (χ2v) is 6.30. The number of halogens is 1. The lowest BCUT2D eigenvalue weighted by Gasteiger charge is -2.26. The Kier molecular flexibility index (Phi) is 4.38. The van der Waals surface area contributed by atoms with Gasteiger partial charge in [0.25, 0.3) is 0 Å². The summed E-state index contributed by atoms with van der Waals surface area (Å²) >= 11 is 6.31. The molecule has 0 saturated carbocycles. The van der Waals surface area contributed by atoms with Crippen molar-refractivity contribution in [1.82, 2.24) is 4.57 Å². The minimum absolute atomic E-state index is 0.139. The van der Waals surface area contributed by atoms with Crippen LogP contribution >= 0.6 is 11.6 Å². The van der Waals surface area contributed by atoms with E-state index in [0.29, 0.717) is 6.61 Å². The van der Waals surface area contributed by atoms with Crippen molar-refractivity contribution < 1.29 is 9.47 Å². The number of methoxy groups -OCH3 is 1. The van der Waals surface area contributed by atoms with E-state index in [9.17, 15) is 0 Å². The van der Waals surface area contributed by atoms with Crippen LogP contribution in [0.3, 0.4) is 0 Å². The molecule has 0 unspecified atom stereocenters. The molecule has 1 atom stereocenters. The predicted octanol–water partition coefficient (Wildman–Crippen LogP) is 4.67. The third kappa shape index (κ3) is 2.99. The molecule has 2 heterocycles. The second kappa shape index (κ2) is 6.82. The quantitative estimate of drug-likeness (QED) is 0.681. The summed E-state index contributed by atoms with van der Waals surface area (Å²) in [5, 5.41) is 0.721. The highest BCUT2D eigenvalue weighted by Crippen LogP contribution is 2.37. The van der Waals surface area contributed by atoms with Gasteiger partial charge in [-0.25, -0.2) is 0 Å². The van der Waals surface area contributed by atoms with Gasteiger partial charge in [0.1, 0.15) is 5.75 Å². The van der Waals surface area contributed by atoms with Gasteiger partial charge < -0.3 is 18.9 Å². The Morgan fingerprint density at radius 3 is 2.60 bits per heavy atom. The van der Waals surface area contributed by atoms with Gasteiger partial charge in [0, 0.05) is 24.5 Å². The average molecular weight is 355 g/mol. The fraction of sp³-hybridized carbons (Fsp3) is 0.200. The standard InChI is InChI=1S/C20H19ClN2O2/c1-24-19-9-5-4-8-18(19)23-12-13-25-20(23)15-10-11-22(14-15)17-7-3-2-6-16(17)21/h2-11,14,20H,12-13H2,1H3/t20-/m0/s1. The van der Waals surface area contributed by atoms with E-state index in [0.717, 1.165) is 34.3 Å². The number of nitrogens with zero attached hydrogens (tertiary/aromatic N) is 2. The summed E-state index contributed by atoms with van der Waals surface area (Å²) < 4.78 is 13.5. The zero-order valence-electron chi connectivity index (χ0n) is 13.9. The van der Waals surface area contributed by atoms with Crippen LogP contribution in [-0.2, 0) is 4.74 Å². The van der Waals surface area contributed by atoms with Crippen molar-refractivity contribution in [3.8, 4) is 11.4 Å². The average Bonchev–Trinajstić information content (AvgIpc) is 3.31. The van der Waals surface area contributed by atoms with E-state index in [1.807, 2.05) is 53.2 Å². The van der Waals surface area contributed by atoms with Crippen molar-refractivity contribution in [2.45, 2.75) is 6.23 Å². The van der Waals surface area contributed by atoms with Gasteiger partial charge in [0.15, 0.2) is 6.23 Å². The van der Waals surface area contributed by atoms with Gasteiger partial charge in [-0.05, 0) is 30.3 Å². The lowest BCUT2D eigenvalue weighted by molar-refractivity contribution is 0.113. The molecule has 1 aromatic heterocycles. The Bertz CT molecular complexity index is 877. The van der Waals surface area contributed by atoms with E-state index in [1.54, 1.807) is 7.11 Å². The predicted molar refractivity (Wildman–Crippen MR) is 99.8 cm³/mol. The summed E-state index contributed by atoms with van der Waals surface area (Å²) in [4.78, 5) is 2.23. The molecule has 0 bridgehead atoms. The molecule has 3 aromatic rings. The first-order chi connectivity index (χ1) is 12.3.